The van der Waals surface area contributed by atoms with Gasteiger partial charge in [-0.1, -0.05) is 35.9 Å². The Kier molecular flexibility index (Phi) is 1.99. The van der Waals surface area contributed by atoms with E-state index in [1.807, 2.05) is 0 Å². The van der Waals surface area contributed by atoms with E-state index >= 15 is 0 Å². The van der Waals surface area contributed by atoms with Crippen LogP contribution in [0.2, 0.25) is 0 Å². The van der Waals surface area contributed by atoms with Crippen molar-refractivity contribution < 1.29 is 0 Å². The van der Waals surface area contributed by atoms with Crippen LogP contribution in [0.1, 0.15) is 49.7 Å². The van der Waals surface area contributed by atoms with Crippen LogP contribution < -0.4 is 0 Å². The van der Waals surface area contributed by atoms with Crippen molar-refractivity contribution in [2.24, 2.45) is 23.2 Å². The smallest absolute Gasteiger partial charge is 0.00523 e. The Morgan fingerprint density at radius 2 is 1.47 bits per heavy atom. The second-order valence-corrected chi connectivity index (χ2v) is 7.74. The molecule has 0 N–H and O–H groups in total. The number of benzene rings is 1. The Balaban J connectivity index is 1.54. The molecular formula is C19H22. The fourth-order valence-electron chi connectivity index (χ4n) is 6.12. The van der Waals surface area contributed by atoms with Crippen molar-refractivity contribution in [1.82, 2.24) is 0 Å². The largest absolute Gasteiger partial charge is 0.0619 e. The molecule has 4 fully saturated rings. The predicted molar refractivity (Wildman–Crippen MR) is 78.7 cm³/mol. The minimum Gasteiger partial charge on any atom is -0.0619 e. The summed E-state index contributed by atoms with van der Waals surface area (Å²) < 4.78 is 0. The van der Waals surface area contributed by atoms with Gasteiger partial charge in [0, 0.05) is 0 Å². The zero-order valence-electron chi connectivity index (χ0n) is 11.6. The Hall–Kier alpha value is -1.04. The molecule has 6 rings (SSSR count). The molecule has 0 atom stereocenters. The molecular weight excluding hydrogens is 228 g/mol. The minimum absolute atomic E-state index is 0.619. The summed E-state index contributed by atoms with van der Waals surface area (Å²) in [6.45, 7) is 0. The second kappa shape index (κ2) is 3.53. The summed E-state index contributed by atoms with van der Waals surface area (Å²) in [5, 5.41) is 0. The molecule has 0 saturated heterocycles. The highest BCUT2D eigenvalue weighted by Crippen LogP contribution is 2.63. The third-order valence-corrected chi connectivity index (χ3v) is 6.49. The van der Waals surface area contributed by atoms with Crippen molar-refractivity contribution in [3.05, 3.63) is 41.0 Å². The molecule has 0 nitrogen and oxygen atoms in total. The molecule has 0 radical (unpaired) electrons. The Morgan fingerprint density at radius 3 is 2.11 bits per heavy atom. The van der Waals surface area contributed by atoms with Crippen molar-refractivity contribution in [1.29, 1.82) is 0 Å². The molecule has 0 amide bonds. The topological polar surface area (TPSA) is 0 Å². The Morgan fingerprint density at radius 1 is 0.842 bits per heavy atom. The number of hydrogen-bond donors (Lipinski definition) is 0. The van der Waals surface area contributed by atoms with Gasteiger partial charge in [-0.25, -0.2) is 0 Å². The molecule has 0 heteroatoms. The number of hydrogen-bond acceptors (Lipinski definition) is 0. The molecule has 0 unspecified atom stereocenters. The standard InChI is InChI=1S/C19H22/c1-2-4-17-9-18(8-16(17)3-1)19-10-13-5-14(11-19)7-15(6-13)12-19/h1-4,8,13-15H,5-7,9-12H2. The van der Waals surface area contributed by atoms with Crippen LogP contribution in [0, 0.1) is 23.2 Å². The Bertz CT molecular complexity index is 528. The number of rotatable bonds is 1. The third kappa shape index (κ3) is 1.46. The van der Waals surface area contributed by atoms with E-state index < -0.39 is 0 Å². The molecule has 0 heterocycles. The van der Waals surface area contributed by atoms with E-state index in [0.29, 0.717) is 5.41 Å². The molecule has 19 heavy (non-hydrogen) atoms. The second-order valence-electron chi connectivity index (χ2n) is 7.74. The molecule has 0 aliphatic heterocycles. The molecule has 1 aromatic carbocycles. The molecule has 0 spiro atoms. The summed E-state index contributed by atoms with van der Waals surface area (Å²) >= 11 is 0. The quantitative estimate of drug-likeness (QED) is 0.669. The first kappa shape index (κ1) is 10.7. The van der Waals surface area contributed by atoms with Crippen LogP contribution in [-0.2, 0) is 6.42 Å². The minimum atomic E-state index is 0.619. The van der Waals surface area contributed by atoms with Gasteiger partial charge in [0.25, 0.3) is 0 Å². The zero-order chi connectivity index (χ0) is 12.4. The SMILES string of the molecule is C1=C(C23CC4CC(CC(C4)C2)C3)Cc2ccccc21. The van der Waals surface area contributed by atoms with Gasteiger partial charge >= 0.3 is 0 Å². The fourth-order valence-corrected chi connectivity index (χ4v) is 6.12. The fraction of sp³-hybridized carbons (Fsp3) is 0.579. The normalized spacial score (nSPS) is 42.3. The van der Waals surface area contributed by atoms with Gasteiger partial charge in [0.15, 0.2) is 0 Å². The van der Waals surface area contributed by atoms with Gasteiger partial charge in [-0.2, -0.15) is 0 Å². The average molecular weight is 250 g/mol. The summed E-state index contributed by atoms with van der Waals surface area (Å²) in [6.07, 6.45) is 13.0. The van der Waals surface area contributed by atoms with Gasteiger partial charge in [-0.3, -0.25) is 0 Å². The Labute approximate surface area is 115 Å². The molecule has 1 aromatic rings. The highest BCUT2D eigenvalue weighted by atomic mass is 14.6. The highest BCUT2D eigenvalue weighted by molar-refractivity contribution is 5.65. The average Bonchev–Trinajstić information content (AvgIpc) is 2.81. The first-order chi connectivity index (χ1) is 9.31. The van der Waals surface area contributed by atoms with E-state index in [0.717, 1.165) is 17.8 Å². The molecule has 98 valence electrons. The van der Waals surface area contributed by atoms with Crippen molar-refractivity contribution in [3.8, 4) is 0 Å². The zero-order valence-corrected chi connectivity index (χ0v) is 11.6. The lowest BCUT2D eigenvalue weighted by Gasteiger charge is -2.57. The van der Waals surface area contributed by atoms with Gasteiger partial charge in [-0.15, -0.1) is 0 Å². The van der Waals surface area contributed by atoms with E-state index in [4.69, 9.17) is 0 Å². The van der Waals surface area contributed by atoms with E-state index in [9.17, 15) is 0 Å². The maximum absolute atomic E-state index is 2.56. The molecule has 4 bridgehead atoms. The number of fused-ring (bicyclic) bond motifs is 1. The summed E-state index contributed by atoms with van der Waals surface area (Å²) in [5.74, 6) is 3.20. The van der Waals surface area contributed by atoms with Gasteiger partial charge in [0.05, 0.1) is 0 Å². The van der Waals surface area contributed by atoms with Crippen LogP contribution in [-0.4, -0.2) is 0 Å². The first-order valence-electron chi connectivity index (χ1n) is 8.10. The van der Waals surface area contributed by atoms with E-state index in [1.165, 1.54) is 31.2 Å². The van der Waals surface area contributed by atoms with Crippen LogP contribution in [0.3, 0.4) is 0 Å². The molecule has 4 saturated carbocycles. The first-order valence-corrected chi connectivity index (χ1v) is 8.10. The van der Waals surface area contributed by atoms with Gasteiger partial charge < -0.3 is 0 Å². The lowest BCUT2D eigenvalue weighted by molar-refractivity contribution is -0.0307. The van der Waals surface area contributed by atoms with Crippen molar-refractivity contribution in [2.45, 2.75) is 44.9 Å². The predicted octanol–water partition coefficient (Wildman–Crippen LogP) is 4.84. The van der Waals surface area contributed by atoms with Gasteiger partial charge in [-0.05, 0) is 79.2 Å². The van der Waals surface area contributed by atoms with E-state index in [2.05, 4.69) is 30.3 Å². The van der Waals surface area contributed by atoms with Gasteiger partial charge in [0.1, 0.15) is 0 Å². The number of allylic oxidation sites excluding steroid dienone is 1. The van der Waals surface area contributed by atoms with Crippen LogP contribution in [0.4, 0.5) is 0 Å². The molecule has 5 aliphatic carbocycles. The van der Waals surface area contributed by atoms with Gasteiger partial charge in [0.2, 0.25) is 0 Å². The van der Waals surface area contributed by atoms with Crippen LogP contribution >= 0.6 is 0 Å². The van der Waals surface area contributed by atoms with Crippen LogP contribution in [0.25, 0.3) is 6.08 Å². The molecule has 5 aliphatic rings. The maximum Gasteiger partial charge on any atom is -0.00523 e. The van der Waals surface area contributed by atoms with E-state index in [-0.39, 0.29) is 0 Å². The van der Waals surface area contributed by atoms with Crippen LogP contribution in [0.5, 0.6) is 0 Å². The summed E-state index contributed by atoms with van der Waals surface area (Å²) in [4.78, 5) is 0. The van der Waals surface area contributed by atoms with Crippen molar-refractivity contribution >= 4 is 6.08 Å². The summed E-state index contributed by atoms with van der Waals surface area (Å²) in [5.41, 5.74) is 5.50. The maximum atomic E-state index is 2.56. The third-order valence-electron chi connectivity index (χ3n) is 6.49. The van der Waals surface area contributed by atoms with E-state index in [1.54, 1.807) is 30.4 Å². The lowest BCUT2D eigenvalue weighted by atomic mass is 9.47. The molecule has 0 aromatic heterocycles. The van der Waals surface area contributed by atoms with Crippen LogP contribution in [0.15, 0.2) is 29.8 Å². The lowest BCUT2D eigenvalue weighted by Crippen LogP contribution is -2.46. The highest BCUT2D eigenvalue weighted by Gasteiger charge is 2.52. The monoisotopic (exact) mass is 250 g/mol. The summed E-state index contributed by atoms with van der Waals surface area (Å²) in [7, 11) is 0. The van der Waals surface area contributed by atoms with Crippen molar-refractivity contribution in [3.63, 3.8) is 0 Å². The van der Waals surface area contributed by atoms with Crippen molar-refractivity contribution in [2.75, 3.05) is 0 Å². The summed E-state index contributed by atoms with van der Waals surface area (Å²) in [6, 6.07) is 9.04.